The van der Waals surface area contributed by atoms with Crippen molar-refractivity contribution in [3.63, 3.8) is 0 Å². The van der Waals surface area contributed by atoms with Gasteiger partial charge in [0.15, 0.2) is 0 Å². The zero-order chi connectivity index (χ0) is 20.9. The smallest absolute Gasteiger partial charge is 0.270 e. The maximum atomic E-state index is 12.4. The van der Waals surface area contributed by atoms with Crippen LogP contribution in [0.2, 0.25) is 5.02 Å². The van der Waals surface area contributed by atoms with Gasteiger partial charge in [0.05, 0.1) is 0 Å². The van der Waals surface area contributed by atoms with Gasteiger partial charge in [-0.3, -0.25) is 14.7 Å². The fourth-order valence-electron chi connectivity index (χ4n) is 3.56. The number of thiazole rings is 1. The number of rotatable bonds is 6. The van der Waals surface area contributed by atoms with E-state index in [0.29, 0.717) is 12.2 Å². The van der Waals surface area contributed by atoms with Crippen molar-refractivity contribution in [3.05, 3.63) is 64.4 Å². The van der Waals surface area contributed by atoms with Crippen molar-refractivity contribution in [2.45, 2.75) is 6.92 Å². The van der Waals surface area contributed by atoms with E-state index >= 15 is 0 Å². The lowest BCUT2D eigenvalue weighted by atomic mass is 10.1. The number of amides is 1. The van der Waals surface area contributed by atoms with Gasteiger partial charge >= 0.3 is 0 Å². The van der Waals surface area contributed by atoms with Crippen molar-refractivity contribution in [2.24, 2.45) is 0 Å². The number of halogens is 1. The van der Waals surface area contributed by atoms with Crippen molar-refractivity contribution in [1.82, 2.24) is 20.2 Å². The number of aromatic nitrogens is 2. The molecule has 1 fully saturated rings. The Morgan fingerprint density at radius 2 is 1.93 bits per heavy atom. The van der Waals surface area contributed by atoms with Crippen LogP contribution in [-0.2, 0) is 0 Å². The summed E-state index contributed by atoms with van der Waals surface area (Å²) in [4.78, 5) is 25.6. The van der Waals surface area contributed by atoms with E-state index < -0.39 is 0 Å². The number of carbonyl (C=O) groups excluding carboxylic acids is 1. The quantitative estimate of drug-likeness (QED) is 0.631. The zero-order valence-corrected chi connectivity index (χ0v) is 18.4. The predicted octanol–water partition coefficient (Wildman–Crippen LogP) is 3.72. The van der Waals surface area contributed by atoms with Gasteiger partial charge in [0.1, 0.15) is 10.7 Å². The Bertz CT molecular complexity index is 1000. The third-order valence-electron chi connectivity index (χ3n) is 5.26. The summed E-state index contributed by atoms with van der Waals surface area (Å²) >= 11 is 7.63. The molecule has 2 aromatic heterocycles. The van der Waals surface area contributed by atoms with Crippen LogP contribution < -0.4 is 10.2 Å². The molecule has 8 heteroatoms. The highest BCUT2D eigenvalue weighted by Gasteiger charge is 2.19. The van der Waals surface area contributed by atoms with Gasteiger partial charge in [0.2, 0.25) is 0 Å². The van der Waals surface area contributed by atoms with Gasteiger partial charge in [-0.15, -0.1) is 11.3 Å². The summed E-state index contributed by atoms with van der Waals surface area (Å²) in [5.41, 5.74) is 3.90. The Morgan fingerprint density at radius 3 is 2.70 bits per heavy atom. The van der Waals surface area contributed by atoms with Crippen LogP contribution in [0.15, 0.2) is 48.1 Å². The van der Waals surface area contributed by atoms with Crippen molar-refractivity contribution in [3.8, 4) is 10.6 Å². The lowest BCUT2D eigenvalue weighted by Crippen LogP contribution is -2.48. The first-order valence-corrected chi connectivity index (χ1v) is 11.2. The Hall–Kier alpha value is -2.48. The summed E-state index contributed by atoms with van der Waals surface area (Å²) in [5, 5.41) is 6.40. The summed E-state index contributed by atoms with van der Waals surface area (Å²) in [6.07, 6.45) is 3.45. The highest BCUT2D eigenvalue weighted by Crippen LogP contribution is 2.25. The van der Waals surface area contributed by atoms with E-state index in [0.717, 1.165) is 48.3 Å². The molecule has 4 rings (SSSR count). The number of hydrogen-bond donors (Lipinski definition) is 1. The van der Waals surface area contributed by atoms with Gasteiger partial charge in [-0.25, -0.2) is 4.98 Å². The SMILES string of the molecule is Cc1ccc(Cl)cc1N1CCN(CCNC(=O)c2csc(-c3ccncc3)n2)CC1. The van der Waals surface area contributed by atoms with Crippen LogP contribution in [0.5, 0.6) is 0 Å². The molecule has 6 nitrogen and oxygen atoms in total. The molecule has 0 saturated carbocycles. The molecule has 3 heterocycles. The molecule has 0 bridgehead atoms. The second-order valence-electron chi connectivity index (χ2n) is 7.29. The van der Waals surface area contributed by atoms with Gasteiger partial charge in [-0.05, 0) is 36.8 Å². The highest BCUT2D eigenvalue weighted by atomic mass is 35.5. The first kappa shape index (κ1) is 20.8. The molecule has 1 aliphatic rings. The molecule has 1 saturated heterocycles. The van der Waals surface area contributed by atoms with Crippen molar-refractivity contribution in [1.29, 1.82) is 0 Å². The molecule has 156 valence electrons. The maximum absolute atomic E-state index is 12.4. The molecule has 0 aliphatic carbocycles. The second kappa shape index (κ2) is 9.55. The number of hydrogen-bond acceptors (Lipinski definition) is 6. The van der Waals surface area contributed by atoms with Crippen LogP contribution in [0.25, 0.3) is 10.6 Å². The minimum Gasteiger partial charge on any atom is -0.369 e. The lowest BCUT2D eigenvalue weighted by molar-refractivity contribution is 0.0943. The standard InChI is InChI=1S/C22H24ClN5OS/c1-16-2-3-18(23)14-20(16)28-12-10-27(11-13-28)9-8-25-21(29)19-15-30-22(26-19)17-4-6-24-7-5-17/h2-7,14-15H,8-13H2,1H3,(H,25,29). The third kappa shape index (κ3) is 4.98. The number of carbonyl (C=O) groups is 1. The number of piperazine rings is 1. The predicted molar refractivity (Wildman–Crippen MR) is 123 cm³/mol. The Kier molecular flexibility index (Phi) is 6.62. The topological polar surface area (TPSA) is 61.4 Å². The number of nitrogens with zero attached hydrogens (tertiary/aromatic N) is 4. The van der Waals surface area contributed by atoms with E-state index in [2.05, 4.69) is 38.1 Å². The minimum absolute atomic E-state index is 0.125. The monoisotopic (exact) mass is 441 g/mol. The van der Waals surface area contributed by atoms with E-state index in [1.807, 2.05) is 24.3 Å². The average Bonchev–Trinajstić information content (AvgIpc) is 3.27. The molecule has 1 aliphatic heterocycles. The van der Waals surface area contributed by atoms with Crippen LogP contribution in [0.3, 0.4) is 0 Å². The molecular formula is C22H24ClN5OS. The van der Waals surface area contributed by atoms with Crippen LogP contribution in [0.1, 0.15) is 16.1 Å². The van der Waals surface area contributed by atoms with Crippen molar-refractivity contribution < 1.29 is 4.79 Å². The van der Waals surface area contributed by atoms with Crippen molar-refractivity contribution in [2.75, 3.05) is 44.2 Å². The third-order valence-corrected chi connectivity index (χ3v) is 6.39. The number of anilines is 1. The Labute approximate surface area is 185 Å². The number of nitrogens with one attached hydrogen (secondary N) is 1. The highest BCUT2D eigenvalue weighted by molar-refractivity contribution is 7.13. The molecule has 0 atom stereocenters. The number of aryl methyl sites for hydroxylation is 1. The van der Waals surface area contributed by atoms with E-state index in [-0.39, 0.29) is 5.91 Å². The average molecular weight is 442 g/mol. The molecule has 1 aromatic carbocycles. The minimum atomic E-state index is -0.125. The number of benzene rings is 1. The van der Waals surface area contributed by atoms with Crippen LogP contribution >= 0.6 is 22.9 Å². The summed E-state index contributed by atoms with van der Waals surface area (Å²) in [6.45, 7) is 7.39. The Balaban J connectivity index is 1.23. The van der Waals surface area contributed by atoms with Crippen LogP contribution in [-0.4, -0.2) is 60.0 Å². The fraction of sp³-hybridized carbons (Fsp3) is 0.318. The van der Waals surface area contributed by atoms with Gasteiger partial charge in [0, 0.05) is 73.3 Å². The van der Waals surface area contributed by atoms with Gasteiger partial charge in [0.25, 0.3) is 5.91 Å². The van der Waals surface area contributed by atoms with E-state index in [9.17, 15) is 4.79 Å². The first-order valence-electron chi connectivity index (χ1n) is 9.98. The van der Waals surface area contributed by atoms with E-state index in [1.54, 1.807) is 17.8 Å². The molecule has 1 N–H and O–H groups in total. The summed E-state index contributed by atoms with van der Waals surface area (Å²) in [6, 6.07) is 9.83. The summed E-state index contributed by atoms with van der Waals surface area (Å²) < 4.78 is 0. The lowest BCUT2D eigenvalue weighted by Gasteiger charge is -2.36. The van der Waals surface area contributed by atoms with Crippen molar-refractivity contribution >= 4 is 34.5 Å². The maximum Gasteiger partial charge on any atom is 0.270 e. The zero-order valence-electron chi connectivity index (χ0n) is 16.8. The van der Waals surface area contributed by atoms with Crippen LogP contribution in [0, 0.1) is 6.92 Å². The van der Waals surface area contributed by atoms with E-state index in [1.165, 1.54) is 22.6 Å². The summed E-state index contributed by atoms with van der Waals surface area (Å²) in [5.74, 6) is -0.125. The molecule has 0 spiro atoms. The van der Waals surface area contributed by atoms with Gasteiger partial charge in [-0.1, -0.05) is 17.7 Å². The molecule has 30 heavy (non-hydrogen) atoms. The summed E-state index contributed by atoms with van der Waals surface area (Å²) in [7, 11) is 0. The molecule has 3 aromatic rings. The van der Waals surface area contributed by atoms with Crippen LogP contribution in [0.4, 0.5) is 5.69 Å². The largest absolute Gasteiger partial charge is 0.369 e. The molecule has 0 radical (unpaired) electrons. The Morgan fingerprint density at radius 1 is 1.17 bits per heavy atom. The van der Waals surface area contributed by atoms with Gasteiger partial charge < -0.3 is 10.2 Å². The molecule has 1 amide bonds. The van der Waals surface area contributed by atoms with Gasteiger partial charge in [-0.2, -0.15) is 0 Å². The number of pyridine rings is 1. The van der Waals surface area contributed by atoms with E-state index in [4.69, 9.17) is 11.6 Å². The molecular weight excluding hydrogens is 418 g/mol. The first-order chi connectivity index (χ1) is 14.6. The second-order valence-corrected chi connectivity index (χ2v) is 8.58. The normalized spacial score (nSPS) is 14.7. The molecule has 0 unspecified atom stereocenters. The fourth-order valence-corrected chi connectivity index (χ4v) is 4.53.